The van der Waals surface area contributed by atoms with E-state index in [2.05, 4.69) is 15.6 Å². The third-order valence-electron chi connectivity index (χ3n) is 4.19. The number of rotatable bonds is 5. The molecular weight excluding hydrogens is 402 g/mol. The van der Waals surface area contributed by atoms with Crippen LogP contribution in [-0.2, 0) is 0 Å². The molecule has 0 saturated carbocycles. The summed E-state index contributed by atoms with van der Waals surface area (Å²) in [5.74, 6) is -0.376. The number of nitrogens with one attached hydrogen (secondary N) is 2. The third-order valence-corrected chi connectivity index (χ3v) is 5.83. The lowest BCUT2D eigenvalue weighted by atomic mass is 10.1. The van der Waals surface area contributed by atoms with Crippen molar-refractivity contribution in [2.24, 2.45) is 0 Å². The predicted octanol–water partition coefficient (Wildman–Crippen LogP) is 5.68. The summed E-state index contributed by atoms with van der Waals surface area (Å²) < 4.78 is 0. The van der Waals surface area contributed by atoms with Gasteiger partial charge in [-0.1, -0.05) is 18.2 Å². The maximum Gasteiger partial charge on any atom is 0.265 e. The van der Waals surface area contributed by atoms with E-state index < -0.39 is 0 Å². The van der Waals surface area contributed by atoms with Gasteiger partial charge < -0.3 is 10.6 Å². The summed E-state index contributed by atoms with van der Waals surface area (Å²) in [7, 11) is 0. The third kappa shape index (κ3) is 4.59. The molecule has 7 heteroatoms. The fraction of sp³-hybridized carbons (Fsp3) is 0.0455. The monoisotopic (exact) mass is 419 g/mol. The molecule has 0 atom stereocenters. The molecule has 2 N–H and O–H groups in total. The summed E-state index contributed by atoms with van der Waals surface area (Å²) in [6.45, 7) is 1.96. The molecule has 0 aliphatic heterocycles. The zero-order chi connectivity index (χ0) is 20.2. The number of nitrogens with zero attached hydrogens (tertiary/aromatic N) is 1. The van der Waals surface area contributed by atoms with E-state index in [1.54, 1.807) is 41.7 Å². The molecule has 29 heavy (non-hydrogen) atoms. The van der Waals surface area contributed by atoms with Crippen LogP contribution >= 0.6 is 22.7 Å². The van der Waals surface area contributed by atoms with Crippen molar-refractivity contribution >= 4 is 45.9 Å². The molecule has 2 aromatic carbocycles. The van der Waals surface area contributed by atoms with E-state index in [1.807, 2.05) is 48.0 Å². The lowest BCUT2D eigenvalue weighted by Gasteiger charge is -2.08. The van der Waals surface area contributed by atoms with E-state index in [0.717, 1.165) is 16.3 Å². The van der Waals surface area contributed by atoms with Crippen LogP contribution in [0, 0.1) is 6.92 Å². The van der Waals surface area contributed by atoms with E-state index in [1.165, 1.54) is 11.3 Å². The molecule has 2 amide bonds. The van der Waals surface area contributed by atoms with Crippen molar-refractivity contribution < 1.29 is 9.59 Å². The van der Waals surface area contributed by atoms with Crippen LogP contribution in [0.1, 0.15) is 25.0 Å². The smallest absolute Gasteiger partial charge is 0.265 e. The lowest BCUT2D eigenvalue weighted by molar-refractivity contribution is 0.102. The number of aryl methyl sites for hydroxylation is 1. The minimum atomic E-state index is -0.215. The Bertz CT molecular complexity index is 1150. The fourth-order valence-electron chi connectivity index (χ4n) is 2.76. The van der Waals surface area contributed by atoms with Crippen LogP contribution in [0.4, 0.5) is 11.4 Å². The van der Waals surface area contributed by atoms with Crippen molar-refractivity contribution in [2.75, 3.05) is 10.6 Å². The summed E-state index contributed by atoms with van der Waals surface area (Å²) in [4.78, 5) is 29.8. The zero-order valence-electron chi connectivity index (χ0n) is 15.5. The van der Waals surface area contributed by atoms with Crippen molar-refractivity contribution in [3.05, 3.63) is 86.9 Å². The topological polar surface area (TPSA) is 71.1 Å². The first kappa shape index (κ1) is 19.0. The number of thiazole rings is 1. The highest BCUT2D eigenvalue weighted by atomic mass is 32.1. The Morgan fingerprint density at radius 1 is 0.862 bits per heavy atom. The van der Waals surface area contributed by atoms with Gasteiger partial charge in [0, 0.05) is 27.9 Å². The van der Waals surface area contributed by atoms with Gasteiger partial charge in [0.25, 0.3) is 11.8 Å². The maximum atomic E-state index is 12.6. The molecule has 4 rings (SSSR count). The second-order valence-electron chi connectivity index (χ2n) is 6.30. The molecule has 0 unspecified atom stereocenters. The largest absolute Gasteiger partial charge is 0.322 e. The molecule has 0 aliphatic carbocycles. The van der Waals surface area contributed by atoms with Gasteiger partial charge in [-0.25, -0.2) is 4.98 Å². The van der Waals surface area contributed by atoms with E-state index in [-0.39, 0.29) is 11.8 Å². The summed E-state index contributed by atoms with van der Waals surface area (Å²) in [5, 5.41) is 10.6. The van der Waals surface area contributed by atoms with E-state index >= 15 is 0 Å². The van der Waals surface area contributed by atoms with Crippen molar-refractivity contribution in [1.29, 1.82) is 0 Å². The van der Waals surface area contributed by atoms with Crippen LogP contribution in [0.5, 0.6) is 0 Å². The molecule has 5 nitrogen and oxygen atoms in total. The lowest BCUT2D eigenvalue weighted by Crippen LogP contribution is -2.13. The van der Waals surface area contributed by atoms with E-state index in [0.29, 0.717) is 21.8 Å². The van der Waals surface area contributed by atoms with Crippen LogP contribution in [-0.4, -0.2) is 16.8 Å². The van der Waals surface area contributed by atoms with Crippen molar-refractivity contribution in [2.45, 2.75) is 6.92 Å². The predicted molar refractivity (Wildman–Crippen MR) is 119 cm³/mol. The second-order valence-corrected chi connectivity index (χ2v) is 8.31. The molecule has 0 radical (unpaired) electrons. The van der Waals surface area contributed by atoms with Crippen molar-refractivity contribution in [3.63, 3.8) is 0 Å². The van der Waals surface area contributed by atoms with Gasteiger partial charge in [-0.05, 0) is 54.8 Å². The Hall–Kier alpha value is -3.29. The minimum absolute atomic E-state index is 0.161. The average molecular weight is 420 g/mol. The first-order valence-electron chi connectivity index (χ1n) is 8.87. The van der Waals surface area contributed by atoms with Gasteiger partial charge >= 0.3 is 0 Å². The van der Waals surface area contributed by atoms with Gasteiger partial charge in [0.2, 0.25) is 0 Å². The van der Waals surface area contributed by atoms with Crippen LogP contribution < -0.4 is 10.6 Å². The highest BCUT2D eigenvalue weighted by Crippen LogP contribution is 2.24. The number of hydrogen-bond acceptors (Lipinski definition) is 5. The molecule has 0 aliphatic rings. The number of amides is 2. The number of carbonyl (C=O) groups excluding carboxylic acids is 2. The number of carbonyl (C=O) groups is 2. The van der Waals surface area contributed by atoms with Crippen LogP contribution in [0.3, 0.4) is 0 Å². The minimum Gasteiger partial charge on any atom is -0.322 e. The number of thiophene rings is 1. The zero-order valence-corrected chi connectivity index (χ0v) is 17.1. The maximum absolute atomic E-state index is 12.6. The summed E-state index contributed by atoms with van der Waals surface area (Å²) >= 11 is 2.97. The van der Waals surface area contributed by atoms with E-state index in [4.69, 9.17) is 0 Å². The quantitative estimate of drug-likeness (QED) is 0.437. The fourth-order valence-corrected chi connectivity index (χ4v) is 4.00. The van der Waals surface area contributed by atoms with Gasteiger partial charge in [-0.3, -0.25) is 9.59 Å². The molecule has 0 bridgehead atoms. The summed E-state index contributed by atoms with van der Waals surface area (Å²) in [6.07, 6.45) is 0. The van der Waals surface area contributed by atoms with Crippen LogP contribution in [0.25, 0.3) is 11.3 Å². The van der Waals surface area contributed by atoms with E-state index in [9.17, 15) is 9.59 Å². The Kier molecular flexibility index (Phi) is 5.50. The standard InChI is InChI=1S/C22H17N3O2S2/c1-14-23-19(13-29-14)16-4-2-5-18(12-16)25-21(26)15-7-9-17(10-8-15)24-22(27)20-6-3-11-28-20/h2-13H,1H3,(H,24,27)(H,25,26). The molecule has 2 aromatic heterocycles. The van der Waals surface area contributed by atoms with Gasteiger partial charge in [0.05, 0.1) is 15.6 Å². The number of aromatic nitrogens is 1. The summed E-state index contributed by atoms with van der Waals surface area (Å²) in [5.41, 5.74) is 3.70. The molecule has 144 valence electrons. The van der Waals surface area contributed by atoms with Gasteiger partial charge in [-0.2, -0.15) is 0 Å². The summed E-state index contributed by atoms with van der Waals surface area (Å²) in [6, 6.07) is 18.0. The molecule has 0 fully saturated rings. The molecule has 0 spiro atoms. The second kappa shape index (κ2) is 8.38. The van der Waals surface area contributed by atoms with Gasteiger partial charge in [0.15, 0.2) is 0 Å². The van der Waals surface area contributed by atoms with Crippen molar-refractivity contribution in [1.82, 2.24) is 4.98 Å². The van der Waals surface area contributed by atoms with Crippen molar-refractivity contribution in [3.8, 4) is 11.3 Å². The first-order chi connectivity index (χ1) is 14.1. The van der Waals surface area contributed by atoms with Gasteiger partial charge in [-0.15, -0.1) is 22.7 Å². The Balaban J connectivity index is 1.43. The molecule has 2 heterocycles. The SMILES string of the molecule is Cc1nc(-c2cccc(NC(=O)c3ccc(NC(=O)c4cccs4)cc3)c2)cs1. The molecule has 4 aromatic rings. The number of benzene rings is 2. The number of hydrogen-bond donors (Lipinski definition) is 2. The Morgan fingerprint density at radius 3 is 2.34 bits per heavy atom. The normalized spacial score (nSPS) is 10.5. The highest BCUT2D eigenvalue weighted by Gasteiger charge is 2.10. The molecular formula is C22H17N3O2S2. The van der Waals surface area contributed by atoms with Crippen LogP contribution in [0.15, 0.2) is 71.4 Å². The Labute approximate surface area is 176 Å². The Morgan fingerprint density at radius 2 is 1.66 bits per heavy atom. The number of anilines is 2. The average Bonchev–Trinajstić information content (AvgIpc) is 3.41. The first-order valence-corrected chi connectivity index (χ1v) is 10.6. The molecule has 0 saturated heterocycles. The highest BCUT2D eigenvalue weighted by molar-refractivity contribution is 7.12. The van der Waals surface area contributed by atoms with Crippen LogP contribution in [0.2, 0.25) is 0 Å². The van der Waals surface area contributed by atoms with Gasteiger partial charge in [0.1, 0.15) is 0 Å².